The molecular weight excluding hydrogens is 216 g/mol. The number of aliphatic hydroxyl groups excluding tert-OH is 1. The van der Waals surface area contributed by atoms with Crippen LogP contribution in [-0.4, -0.2) is 17.2 Å². The highest BCUT2D eigenvalue weighted by molar-refractivity contribution is 5.76. The van der Waals surface area contributed by atoms with Crippen LogP contribution in [-0.2, 0) is 9.53 Å². The Kier molecular flexibility index (Phi) is 4.15. The molecule has 1 fully saturated rings. The molecule has 1 aliphatic rings. The summed E-state index contributed by atoms with van der Waals surface area (Å²) in [6.45, 7) is 0. The van der Waals surface area contributed by atoms with Gasteiger partial charge in [-0.15, -0.1) is 0 Å². The van der Waals surface area contributed by atoms with Crippen molar-refractivity contribution < 1.29 is 14.6 Å². The molecule has 17 heavy (non-hydrogen) atoms. The fourth-order valence-electron chi connectivity index (χ4n) is 2.18. The van der Waals surface area contributed by atoms with Gasteiger partial charge in [-0.05, 0) is 31.2 Å². The zero-order valence-electron chi connectivity index (χ0n) is 9.84. The van der Waals surface area contributed by atoms with Crippen LogP contribution in [0.2, 0.25) is 0 Å². The quantitative estimate of drug-likeness (QED) is 0.818. The van der Waals surface area contributed by atoms with Gasteiger partial charge in [-0.3, -0.25) is 0 Å². The van der Waals surface area contributed by atoms with Gasteiger partial charge in [0.05, 0.1) is 0 Å². The molecule has 0 bridgehead atoms. The molecule has 0 radical (unpaired) electrons. The molecule has 0 amide bonds. The predicted molar refractivity (Wildman–Crippen MR) is 64.4 cm³/mol. The third-order valence-corrected chi connectivity index (χ3v) is 3.17. The normalized spacial score (nSPS) is 18.6. The number of carbonyl (C=O) groups is 1. The molecule has 1 atom stereocenters. The van der Waals surface area contributed by atoms with E-state index in [2.05, 4.69) is 0 Å². The number of esters is 1. The summed E-state index contributed by atoms with van der Waals surface area (Å²) in [4.78, 5) is 11.7. The average molecular weight is 234 g/mol. The second-order valence-electron chi connectivity index (χ2n) is 4.51. The number of benzene rings is 1. The molecular formula is C14H18O3. The van der Waals surface area contributed by atoms with Crippen molar-refractivity contribution in [2.24, 2.45) is 0 Å². The summed E-state index contributed by atoms with van der Waals surface area (Å²) < 4.78 is 5.32. The first-order valence-electron chi connectivity index (χ1n) is 6.21. The lowest BCUT2D eigenvalue weighted by Crippen LogP contribution is -2.24. The minimum Gasteiger partial charge on any atom is -0.460 e. The smallest absolute Gasteiger partial charge is 0.339 e. The van der Waals surface area contributed by atoms with E-state index in [0.29, 0.717) is 5.56 Å². The van der Waals surface area contributed by atoms with Crippen LogP contribution >= 0.6 is 0 Å². The van der Waals surface area contributed by atoms with E-state index in [4.69, 9.17) is 4.74 Å². The van der Waals surface area contributed by atoms with E-state index in [1.807, 2.05) is 6.07 Å². The number of ether oxygens (including phenoxy) is 1. The first-order valence-corrected chi connectivity index (χ1v) is 6.21. The monoisotopic (exact) mass is 234 g/mol. The van der Waals surface area contributed by atoms with Crippen molar-refractivity contribution in [3.63, 3.8) is 0 Å². The molecule has 0 spiro atoms. The van der Waals surface area contributed by atoms with Crippen LogP contribution in [0.3, 0.4) is 0 Å². The topological polar surface area (TPSA) is 46.5 Å². The summed E-state index contributed by atoms with van der Waals surface area (Å²) in [5, 5.41) is 9.85. The molecule has 1 N–H and O–H groups in total. The Morgan fingerprint density at radius 1 is 1.18 bits per heavy atom. The Morgan fingerprint density at radius 2 is 1.82 bits per heavy atom. The van der Waals surface area contributed by atoms with Crippen LogP contribution in [0.4, 0.5) is 0 Å². The van der Waals surface area contributed by atoms with Crippen molar-refractivity contribution in [2.45, 2.75) is 44.3 Å². The number of hydrogen-bond acceptors (Lipinski definition) is 3. The summed E-state index contributed by atoms with van der Waals surface area (Å²) >= 11 is 0. The largest absolute Gasteiger partial charge is 0.460 e. The van der Waals surface area contributed by atoms with Crippen molar-refractivity contribution in [1.29, 1.82) is 0 Å². The third kappa shape index (κ3) is 3.30. The van der Waals surface area contributed by atoms with Gasteiger partial charge in [-0.25, -0.2) is 4.79 Å². The summed E-state index contributed by atoms with van der Waals surface area (Å²) in [6.07, 6.45) is 4.13. The first kappa shape index (κ1) is 12.1. The Labute approximate surface area is 101 Å². The van der Waals surface area contributed by atoms with Gasteiger partial charge in [0.25, 0.3) is 0 Å². The van der Waals surface area contributed by atoms with Crippen LogP contribution in [0.5, 0.6) is 0 Å². The molecule has 0 aliphatic heterocycles. The predicted octanol–water partition coefficient (Wildman–Crippen LogP) is 2.60. The van der Waals surface area contributed by atoms with Crippen molar-refractivity contribution in [1.82, 2.24) is 0 Å². The lowest BCUT2D eigenvalue weighted by molar-refractivity contribution is -0.161. The van der Waals surface area contributed by atoms with E-state index in [0.717, 1.165) is 25.7 Å². The van der Waals surface area contributed by atoms with E-state index in [1.54, 1.807) is 24.3 Å². The summed E-state index contributed by atoms with van der Waals surface area (Å²) in [7, 11) is 0. The molecule has 92 valence electrons. The van der Waals surface area contributed by atoms with Gasteiger partial charge < -0.3 is 9.84 Å². The highest BCUT2D eigenvalue weighted by Gasteiger charge is 2.23. The summed E-state index contributed by atoms with van der Waals surface area (Å²) in [5.41, 5.74) is 0.591. The van der Waals surface area contributed by atoms with Crippen molar-refractivity contribution >= 4 is 5.97 Å². The fourth-order valence-corrected chi connectivity index (χ4v) is 2.18. The molecule has 1 aromatic carbocycles. The van der Waals surface area contributed by atoms with E-state index >= 15 is 0 Å². The van der Waals surface area contributed by atoms with Gasteiger partial charge in [-0.2, -0.15) is 0 Å². The summed E-state index contributed by atoms with van der Waals surface area (Å²) in [5.74, 6) is -0.525. The highest BCUT2D eigenvalue weighted by atomic mass is 16.6. The minimum atomic E-state index is -1.15. The molecule has 3 nitrogen and oxygen atoms in total. The molecule has 1 saturated carbocycles. The SMILES string of the molecule is O=C(OC1CCCCC1)[C@@H](O)c1ccccc1. The molecule has 1 aromatic rings. The molecule has 0 aromatic heterocycles. The molecule has 0 heterocycles. The number of rotatable bonds is 3. The van der Waals surface area contributed by atoms with Gasteiger partial charge in [-0.1, -0.05) is 36.8 Å². The molecule has 1 aliphatic carbocycles. The lowest BCUT2D eigenvalue weighted by atomic mass is 9.98. The maximum Gasteiger partial charge on any atom is 0.339 e. The van der Waals surface area contributed by atoms with E-state index in [9.17, 15) is 9.90 Å². The number of aliphatic hydroxyl groups is 1. The lowest BCUT2D eigenvalue weighted by Gasteiger charge is -2.23. The second-order valence-corrected chi connectivity index (χ2v) is 4.51. The van der Waals surface area contributed by atoms with E-state index in [1.165, 1.54) is 6.42 Å². The Morgan fingerprint density at radius 3 is 2.47 bits per heavy atom. The maximum absolute atomic E-state index is 11.7. The summed E-state index contributed by atoms with van der Waals surface area (Å²) in [6, 6.07) is 8.90. The standard InChI is InChI=1S/C14H18O3/c15-13(11-7-3-1-4-8-11)14(16)17-12-9-5-2-6-10-12/h1,3-4,7-8,12-13,15H,2,5-6,9-10H2/t13-/m0/s1. The Bertz CT molecular complexity index is 355. The van der Waals surface area contributed by atoms with Crippen LogP contribution in [0.1, 0.15) is 43.8 Å². The van der Waals surface area contributed by atoms with Gasteiger partial charge in [0.2, 0.25) is 0 Å². The van der Waals surface area contributed by atoms with Crippen LogP contribution < -0.4 is 0 Å². The maximum atomic E-state index is 11.7. The number of carbonyl (C=O) groups excluding carboxylic acids is 1. The van der Waals surface area contributed by atoms with Crippen LogP contribution in [0, 0.1) is 0 Å². The third-order valence-electron chi connectivity index (χ3n) is 3.17. The molecule has 3 heteroatoms. The second kappa shape index (κ2) is 5.82. The van der Waals surface area contributed by atoms with Crippen molar-refractivity contribution in [2.75, 3.05) is 0 Å². The van der Waals surface area contributed by atoms with Crippen LogP contribution in [0.25, 0.3) is 0 Å². The van der Waals surface area contributed by atoms with E-state index in [-0.39, 0.29) is 6.10 Å². The Hall–Kier alpha value is -1.35. The van der Waals surface area contributed by atoms with E-state index < -0.39 is 12.1 Å². The Balaban J connectivity index is 1.91. The average Bonchev–Trinajstić information content (AvgIpc) is 2.40. The zero-order valence-corrected chi connectivity index (χ0v) is 9.84. The van der Waals surface area contributed by atoms with Crippen molar-refractivity contribution in [3.05, 3.63) is 35.9 Å². The first-order chi connectivity index (χ1) is 8.27. The van der Waals surface area contributed by atoms with Crippen LogP contribution in [0.15, 0.2) is 30.3 Å². The molecule has 2 rings (SSSR count). The van der Waals surface area contributed by atoms with Gasteiger partial charge in [0.15, 0.2) is 6.10 Å². The zero-order chi connectivity index (χ0) is 12.1. The highest BCUT2D eigenvalue weighted by Crippen LogP contribution is 2.23. The van der Waals surface area contributed by atoms with Gasteiger partial charge in [0, 0.05) is 0 Å². The van der Waals surface area contributed by atoms with Gasteiger partial charge in [0.1, 0.15) is 6.10 Å². The van der Waals surface area contributed by atoms with Crippen molar-refractivity contribution in [3.8, 4) is 0 Å². The van der Waals surface area contributed by atoms with Gasteiger partial charge >= 0.3 is 5.97 Å². The molecule has 0 saturated heterocycles. The fraction of sp³-hybridized carbons (Fsp3) is 0.500. The molecule has 0 unspecified atom stereocenters. The minimum absolute atomic E-state index is 0.00499. The number of hydrogen-bond donors (Lipinski definition) is 1.